The molecule has 1 aromatic heterocycles. The first-order valence-electron chi connectivity index (χ1n) is 8.24. The third-order valence-electron chi connectivity index (χ3n) is 4.49. The third-order valence-corrected chi connectivity index (χ3v) is 4.49. The summed E-state index contributed by atoms with van der Waals surface area (Å²) in [7, 11) is 0. The standard InChI is InChI=1S/C18H23N3O2/c1-13-5-2-3-8-17(13)21-18(22)12-23-16-7-4-6-14(9-16)15-10-19-20-11-15/h4,6-7,9-11,13,17H,2-3,5,8,12H2,1H3,(H,19,20)(H,21,22)/t13-,17+/m1/s1. The SMILES string of the molecule is C[C@@H]1CCCC[C@@H]1NC(=O)COc1cccc(-c2cn[nH]c2)c1. The Labute approximate surface area is 136 Å². The Morgan fingerprint density at radius 3 is 3.00 bits per heavy atom. The molecule has 2 aromatic rings. The van der Waals surface area contributed by atoms with E-state index in [9.17, 15) is 4.79 Å². The monoisotopic (exact) mass is 313 g/mol. The molecule has 2 atom stereocenters. The molecule has 1 aliphatic carbocycles. The summed E-state index contributed by atoms with van der Waals surface area (Å²) in [6.45, 7) is 2.26. The van der Waals surface area contributed by atoms with Crippen molar-refractivity contribution in [2.45, 2.75) is 38.6 Å². The fourth-order valence-electron chi connectivity index (χ4n) is 3.10. The Bertz CT molecular complexity index is 639. The van der Waals surface area contributed by atoms with Crippen LogP contribution in [0, 0.1) is 5.92 Å². The van der Waals surface area contributed by atoms with Crippen molar-refractivity contribution in [2.75, 3.05) is 6.61 Å². The number of ether oxygens (including phenoxy) is 1. The van der Waals surface area contributed by atoms with E-state index in [0.29, 0.717) is 11.7 Å². The lowest BCUT2D eigenvalue weighted by molar-refractivity contribution is -0.124. The molecule has 5 nitrogen and oxygen atoms in total. The van der Waals surface area contributed by atoms with E-state index in [1.54, 1.807) is 6.20 Å². The number of benzene rings is 1. The molecule has 1 amide bonds. The van der Waals surface area contributed by atoms with E-state index in [1.807, 2.05) is 30.5 Å². The predicted molar refractivity (Wildman–Crippen MR) is 89.1 cm³/mol. The van der Waals surface area contributed by atoms with Crippen LogP contribution in [-0.2, 0) is 4.79 Å². The number of H-pyrrole nitrogens is 1. The van der Waals surface area contributed by atoms with Gasteiger partial charge in [-0.2, -0.15) is 5.10 Å². The molecule has 122 valence electrons. The molecule has 0 unspecified atom stereocenters. The second-order valence-electron chi connectivity index (χ2n) is 6.24. The molecule has 0 spiro atoms. The zero-order valence-corrected chi connectivity index (χ0v) is 13.4. The largest absolute Gasteiger partial charge is 0.484 e. The van der Waals surface area contributed by atoms with Gasteiger partial charge in [0, 0.05) is 17.8 Å². The van der Waals surface area contributed by atoms with Crippen LogP contribution < -0.4 is 10.1 Å². The van der Waals surface area contributed by atoms with Gasteiger partial charge in [-0.1, -0.05) is 31.9 Å². The van der Waals surface area contributed by atoms with Gasteiger partial charge in [-0.05, 0) is 36.5 Å². The van der Waals surface area contributed by atoms with Crippen molar-refractivity contribution in [3.05, 3.63) is 36.7 Å². The summed E-state index contributed by atoms with van der Waals surface area (Å²) in [6, 6.07) is 7.97. The van der Waals surface area contributed by atoms with Crippen molar-refractivity contribution in [2.24, 2.45) is 5.92 Å². The maximum atomic E-state index is 12.1. The van der Waals surface area contributed by atoms with Gasteiger partial charge in [-0.25, -0.2) is 0 Å². The molecular formula is C18H23N3O2. The van der Waals surface area contributed by atoms with Crippen molar-refractivity contribution < 1.29 is 9.53 Å². The summed E-state index contributed by atoms with van der Waals surface area (Å²) >= 11 is 0. The minimum Gasteiger partial charge on any atom is -0.484 e. The molecule has 23 heavy (non-hydrogen) atoms. The molecule has 1 fully saturated rings. The average molecular weight is 313 g/mol. The lowest BCUT2D eigenvalue weighted by Gasteiger charge is -2.29. The Balaban J connectivity index is 1.54. The van der Waals surface area contributed by atoms with E-state index in [4.69, 9.17) is 4.74 Å². The van der Waals surface area contributed by atoms with Gasteiger partial charge in [0.2, 0.25) is 0 Å². The van der Waals surface area contributed by atoms with Crippen LogP contribution in [-0.4, -0.2) is 28.8 Å². The van der Waals surface area contributed by atoms with Gasteiger partial charge in [-0.3, -0.25) is 9.89 Å². The maximum Gasteiger partial charge on any atom is 0.258 e. The number of aromatic amines is 1. The summed E-state index contributed by atoms with van der Waals surface area (Å²) in [5, 5.41) is 9.84. The predicted octanol–water partition coefficient (Wildman–Crippen LogP) is 3.15. The Morgan fingerprint density at radius 2 is 2.22 bits per heavy atom. The highest BCUT2D eigenvalue weighted by atomic mass is 16.5. The van der Waals surface area contributed by atoms with Crippen molar-refractivity contribution >= 4 is 5.91 Å². The number of amides is 1. The Kier molecular flexibility index (Phi) is 4.95. The van der Waals surface area contributed by atoms with Crippen molar-refractivity contribution in [1.29, 1.82) is 0 Å². The van der Waals surface area contributed by atoms with Gasteiger partial charge in [0.1, 0.15) is 5.75 Å². The van der Waals surface area contributed by atoms with Crippen LogP contribution in [0.2, 0.25) is 0 Å². The zero-order chi connectivity index (χ0) is 16.1. The Morgan fingerprint density at radius 1 is 1.35 bits per heavy atom. The minimum atomic E-state index is -0.0440. The molecule has 0 bridgehead atoms. The molecular weight excluding hydrogens is 290 g/mol. The van der Waals surface area contributed by atoms with Gasteiger partial charge in [0.25, 0.3) is 5.91 Å². The summed E-state index contributed by atoms with van der Waals surface area (Å²) in [6.07, 6.45) is 8.32. The van der Waals surface area contributed by atoms with Crippen molar-refractivity contribution in [3.8, 4) is 16.9 Å². The van der Waals surface area contributed by atoms with E-state index >= 15 is 0 Å². The van der Waals surface area contributed by atoms with E-state index in [1.165, 1.54) is 19.3 Å². The van der Waals surface area contributed by atoms with Gasteiger partial charge < -0.3 is 10.1 Å². The summed E-state index contributed by atoms with van der Waals surface area (Å²) in [5.74, 6) is 1.20. The van der Waals surface area contributed by atoms with Gasteiger partial charge in [0.15, 0.2) is 6.61 Å². The van der Waals surface area contributed by atoms with Crippen LogP contribution in [0.4, 0.5) is 0 Å². The fraction of sp³-hybridized carbons (Fsp3) is 0.444. The quantitative estimate of drug-likeness (QED) is 0.891. The van der Waals surface area contributed by atoms with Crippen molar-refractivity contribution in [1.82, 2.24) is 15.5 Å². The molecule has 1 aliphatic rings. The Hall–Kier alpha value is -2.30. The van der Waals surface area contributed by atoms with Gasteiger partial charge >= 0.3 is 0 Å². The van der Waals surface area contributed by atoms with Crippen molar-refractivity contribution in [3.63, 3.8) is 0 Å². The first kappa shape index (κ1) is 15.6. The second kappa shape index (κ2) is 7.31. The summed E-state index contributed by atoms with van der Waals surface area (Å²) < 4.78 is 5.64. The summed E-state index contributed by atoms with van der Waals surface area (Å²) in [5.41, 5.74) is 2.01. The molecule has 1 saturated carbocycles. The van der Waals surface area contributed by atoms with Crippen LogP contribution >= 0.6 is 0 Å². The highest BCUT2D eigenvalue weighted by molar-refractivity contribution is 5.78. The number of aromatic nitrogens is 2. The first-order valence-corrected chi connectivity index (χ1v) is 8.24. The number of carbonyl (C=O) groups is 1. The topological polar surface area (TPSA) is 67.0 Å². The second-order valence-corrected chi connectivity index (χ2v) is 6.24. The molecule has 0 saturated heterocycles. The molecule has 3 rings (SSSR count). The number of carbonyl (C=O) groups excluding carboxylic acids is 1. The third kappa shape index (κ3) is 4.12. The lowest BCUT2D eigenvalue weighted by Crippen LogP contribution is -2.43. The highest BCUT2D eigenvalue weighted by Gasteiger charge is 2.22. The van der Waals surface area contributed by atoms with Crippen LogP contribution in [0.15, 0.2) is 36.7 Å². The average Bonchev–Trinajstić information content (AvgIpc) is 3.10. The van der Waals surface area contributed by atoms with E-state index < -0.39 is 0 Å². The van der Waals surface area contributed by atoms with Gasteiger partial charge in [0.05, 0.1) is 6.20 Å². The number of rotatable bonds is 5. The normalized spacial score (nSPS) is 20.9. The number of hydrogen-bond acceptors (Lipinski definition) is 3. The molecule has 5 heteroatoms. The number of nitrogens with zero attached hydrogens (tertiary/aromatic N) is 1. The number of hydrogen-bond donors (Lipinski definition) is 2. The molecule has 0 radical (unpaired) electrons. The van der Waals surface area contributed by atoms with E-state index in [-0.39, 0.29) is 18.6 Å². The van der Waals surface area contributed by atoms with Gasteiger partial charge in [-0.15, -0.1) is 0 Å². The first-order chi connectivity index (χ1) is 11.2. The number of nitrogens with one attached hydrogen (secondary N) is 2. The fourth-order valence-corrected chi connectivity index (χ4v) is 3.10. The zero-order valence-electron chi connectivity index (χ0n) is 13.4. The van der Waals surface area contributed by atoms with Crippen LogP contribution in [0.1, 0.15) is 32.6 Å². The van der Waals surface area contributed by atoms with Crippen LogP contribution in [0.3, 0.4) is 0 Å². The maximum absolute atomic E-state index is 12.1. The molecule has 0 aliphatic heterocycles. The molecule has 1 aromatic carbocycles. The highest BCUT2D eigenvalue weighted by Crippen LogP contribution is 2.24. The molecule has 2 N–H and O–H groups in total. The van der Waals surface area contributed by atoms with E-state index in [2.05, 4.69) is 22.4 Å². The molecule has 1 heterocycles. The minimum absolute atomic E-state index is 0.0440. The van der Waals surface area contributed by atoms with Crippen LogP contribution in [0.5, 0.6) is 5.75 Å². The smallest absolute Gasteiger partial charge is 0.258 e. The van der Waals surface area contributed by atoms with Crippen LogP contribution in [0.25, 0.3) is 11.1 Å². The van der Waals surface area contributed by atoms with E-state index in [0.717, 1.165) is 17.5 Å². The lowest BCUT2D eigenvalue weighted by atomic mass is 9.86. The summed E-state index contributed by atoms with van der Waals surface area (Å²) in [4.78, 5) is 12.1.